The van der Waals surface area contributed by atoms with Gasteiger partial charge in [0.25, 0.3) is 0 Å². The molecule has 6 heteroatoms. The summed E-state index contributed by atoms with van der Waals surface area (Å²) >= 11 is 1.14. The van der Waals surface area contributed by atoms with Gasteiger partial charge in [0, 0.05) is 16.7 Å². The Morgan fingerprint density at radius 3 is 1.87 bits per heavy atom. The zero-order chi connectivity index (χ0) is 26.7. The van der Waals surface area contributed by atoms with Gasteiger partial charge in [-0.1, -0.05) is 56.4 Å². The number of ether oxygens (including phenoxy) is 2. The summed E-state index contributed by atoms with van der Waals surface area (Å²) < 4.78 is 19.9. The summed E-state index contributed by atoms with van der Waals surface area (Å²) in [5, 5.41) is 0. The first-order chi connectivity index (χ1) is 18.5. The van der Waals surface area contributed by atoms with Gasteiger partial charge in [-0.2, -0.15) is 8.75 Å². The van der Waals surface area contributed by atoms with E-state index >= 15 is 0 Å². The number of nitrogens with zero attached hydrogens (tertiary/aromatic N) is 2. The number of unbranched alkanes of at least 4 members (excludes halogenated alkanes) is 3. The number of hydrogen-bond donors (Lipinski definition) is 0. The zero-order valence-corrected chi connectivity index (χ0v) is 22.4. The summed E-state index contributed by atoms with van der Waals surface area (Å²) in [5.41, 5.74) is 5.09. The van der Waals surface area contributed by atoms with Crippen molar-refractivity contribution in [1.82, 2.24) is 8.75 Å². The quantitative estimate of drug-likeness (QED) is 0.0829. The number of carbonyl (C=O) groups excluding carboxylic acids is 1. The van der Waals surface area contributed by atoms with E-state index in [-0.39, 0.29) is 0 Å². The first kappa shape index (κ1) is 26.7. The van der Waals surface area contributed by atoms with Crippen LogP contribution in [0.4, 0.5) is 0 Å². The minimum atomic E-state index is -0.454. The Balaban J connectivity index is 1.44. The maximum atomic E-state index is 11.7. The van der Waals surface area contributed by atoms with Gasteiger partial charge in [0.05, 0.1) is 29.5 Å². The topological polar surface area (TPSA) is 61.3 Å². The Bertz CT molecular complexity index is 1550. The minimum Gasteiger partial charge on any atom is -0.494 e. The summed E-state index contributed by atoms with van der Waals surface area (Å²) in [7, 11) is 0. The molecule has 0 radical (unpaired) electrons. The molecule has 38 heavy (non-hydrogen) atoms. The monoisotopic (exact) mass is 520 g/mol. The van der Waals surface area contributed by atoms with E-state index in [1.54, 1.807) is 31.2 Å². The minimum absolute atomic E-state index is 0.346. The summed E-state index contributed by atoms with van der Waals surface area (Å²) in [5.74, 6) is 13.6. The third-order valence-electron chi connectivity index (χ3n) is 5.63. The normalized spacial score (nSPS) is 10.2. The lowest BCUT2D eigenvalue weighted by molar-refractivity contribution is -0.130. The van der Waals surface area contributed by atoms with E-state index in [0.29, 0.717) is 11.3 Å². The third-order valence-corrected chi connectivity index (χ3v) is 6.16. The largest absolute Gasteiger partial charge is 0.494 e. The second kappa shape index (κ2) is 13.2. The molecule has 0 saturated heterocycles. The molecule has 4 rings (SSSR count). The maximum Gasteiger partial charge on any atom is 0.338 e. The molecular weight excluding hydrogens is 492 g/mol. The van der Waals surface area contributed by atoms with Gasteiger partial charge in [-0.05, 0) is 74.0 Å². The molecule has 0 unspecified atom stereocenters. The average molecular weight is 521 g/mol. The lowest BCUT2D eigenvalue weighted by atomic mass is 10.1. The van der Waals surface area contributed by atoms with Gasteiger partial charge in [-0.25, -0.2) is 4.79 Å². The molecular formula is C32H28N2O3S. The molecule has 0 saturated carbocycles. The highest BCUT2D eigenvalue weighted by molar-refractivity contribution is 7.00. The molecule has 3 aromatic carbocycles. The fourth-order valence-electron chi connectivity index (χ4n) is 3.50. The van der Waals surface area contributed by atoms with Crippen molar-refractivity contribution in [3.05, 3.63) is 95.1 Å². The van der Waals surface area contributed by atoms with E-state index in [0.717, 1.165) is 63.8 Å². The second-order valence-electron chi connectivity index (χ2n) is 8.75. The van der Waals surface area contributed by atoms with Crippen LogP contribution in [0.15, 0.2) is 72.8 Å². The van der Waals surface area contributed by atoms with Gasteiger partial charge in [0.1, 0.15) is 22.5 Å². The summed E-state index contributed by atoms with van der Waals surface area (Å²) in [6, 6.07) is 18.7. The molecule has 1 aromatic heterocycles. The Hall–Kier alpha value is -4.39. The van der Waals surface area contributed by atoms with Crippen LogP contribution in [0, 0.1) is 23.7 Å². The Morgan fingerprint density at radius 1 is 0.789 bits per heavy atom. The molecule has 190 valence electrons. The lowest BCUT2D eigenvalue weighted by Gasteiger charge is -2.05. The van der Waals surface area contributed by atoms with Crippen molar-refractivity contribution in [2.45, 2.75) is 39.5 Å². The first-order valence-electron chi connectivity index (χ1n) is 12.5. The van der Waals surface area contributed by atoms with Gasteiger partial charge in [0.15, 0.2) is 0 Å². The van der Waals surface area contributed by atoms with E-state index in [1.807, 2.05) is 36.4 Å². The number of hydrogen-bond acceptors (Lipinski definition) is 6. The number of esters is 1. The number of carbonyl (C=O) groups is 1. The van der Waals surface area contributed by atoms with Gasteiger partial charge < -0.3 is 9.47 Å². The number of rotatable bonds is 8. The van der Waals surface area contributed by atoms with Crippen LogP contribution < -0.4 is 9.47 Å². The maximum absolute atomic E-state index is 11.7. The molecule has 0 spiro atoms. The zero-order valence-electron chi connectivity index (χ0n) is 21.5. The molecule has 0 atom stereocenters. The molecule has 0 N–H and O–H groups in total. The molecule has 0 bridgehead atoms. The van der Waals surface area contributed by atoms with Crippen molar-refractivity contribution in [3.63, 3.8) is 0 Å². The van der Waals surface area contributed by atoms with Crippen molar-refractivity contribution in [2.24, 2.45) is 0 Å². The van der Waals surface area contributed by atoms with Crippen LogP contribution in [0.25, 0.3) is 11.0 Å². The van der Waals surface area contributed by atoms with Crippen LogP contribution in [0.5, 0.6) is 11.5 Å². The van der Waals surface area contributed by atoms with Gasteiger partial charge in [0.2, 0.25) is 0 Å². The summed E-state index contributed by atoms with van der Waals surface area (Å²) in [6.45, 7) is 8.14. The molecule has 1 heterocycles. The smallest absolute Gasteiger partial charge is 0.338 e. The van der Waals surface area contributed by atoms with Crippen LogP contribution in [0.2, 0.25) is 0 Å². The molecule has 0 aliphatic rings. The SMILES string of the molecule is C=C(C)C(=O)Oc1ccc(C#Cc2ccc(C#Cc3ccc(OCCCCCC)cc3)c3nsnc23)cc1. The van der Waals surface area contributed by atoms with Crippen molar-refractivity contribution in [2.75, 3.05) is 6.61 Å². The van der Waals surface area contributed by atoms with Gasteiger partial charge in [-0.15, -0.1) is 0 Å². The van der Waals surface area contributed by atoms with Crippen LogP contribution in [-0.2, 0) is 4.79 Å². The van der Waals surface area contributed by atoms with E-state index in [1.165, 1.54) is 19.3 Å². The molecule has 0 fully saturated rings. The summed E-state index contributed by atoms with van der Waals surface area (Å²) in [6.07, 6.45) is 4.75. The lowest BCUT2D eigenvalue weighted by Crippen LogP contribution is -2.07. The van der Waals surface area contributed by atoms with Crippen molar-refractivity contribution >= 4 is 28.7 Å². The molecule has 4 aromatic rings. The van der Waals surface area contributed by atoms with E-state index < -0.39 is 5.97 Å². The highest BCUT2D eigenvalue weighted by atomic mass is 32.1. The molecule has 0 aliphatic carbocycles. The first-order valence-corrected chi connectivity index (χ1v) is 13.3. The number of fused-ring (bicyclic) bond motifs is 1. The predicted molar refractivity (Wildman–Crippen MR) is 152 cm³/mol. The van der Waals surface area contributed by atoms with E-state index in [9.17, 15) is 4.79 Å². The van der Waals surface area contributed by atoms with E-state index in [2.05, 4.69) is 45.9 Å². The average Bonchev–Trinajstić information content (AvgIpc) is 3.43. The van der Waals surface area contributed by atoms with Gasteiger partial charge >= 0.3 is 5.97 Å². The Kier molecular flexibility index (Phi) is 9.29. The highest BCUT2D eigenvalue weighted by Gasteiger charge is 2.08. The fourth-order valence-corrected chi connectivity index (χ4v) is 4.07. The summed E-state index contributed by atoms with van der Waals surface area (Å²) in [4.78, 5) is 11.7. The number of benzene rings is 3. The molecule has 0 aliphatic heterocycles. The van der Waals surface area contributed by atoms with Crippen LogP contribution in [0.1, 0.15) is 61.8 Å². The predicted octanol–water partition coefficient (Wildman–Crippen LogP) is 6.93. The highest BCUT2D eigenvalue weighted by Crippen LogP contribution is 2.21. The number of aromatic nitrogens is 2. The third kappa shape index (κ3) is 7.32. The second-order valence-corrected chi connectivity index (χ2v) is 9.28. The fraction of sp³-hybridized carbons (Fsp3) is 0.219. The Morgan fingerprint density at radius 2 is 1.34 bits per heavy atom. The van der Waals surface area contributed by atoms with Crippen molar-refractivity contribution in [1.29, 1.82) is 0 Å². The standard InChI is InChI=1S/C32H28N2O3S/c1-4-5-6-7-22-36-28-18-10-24(11-19-28)8-14-26-16-17-27(31-30(26)33-38-34-31)15-9-25-12-20-29(21-13-25)37-32(35)23(2)3/h10-13,16-21H,2,4-7,22H2,1,3H3. The van der Waals surface area contributed by atoms with Crippen LogP contribution in [0.3, 0.4) is 0 Å². The van der Waals surface area contributed by atoms with Crippen LogP contribution >= 0.6 is 11.7 Å². The molecule has 5 nitrogen and oxygen atoms in total. The van der Waals surface area contributed by atoms with Crippen molar-refractivity contribution < 1.29 is 14.3 Å². The molecule has 0 amide bonds. The van der Waals surface area contributed by atoms with Crippen molar-refractivity contribution in [3.8, 4) is 35.2 Å². The van der Waals surface area contributed by atoms with E-state index in [4.69, 9.17) is 9.47 Å². The van der Waals surface area contributed by atoms with Gasteiger partial charge in [-0.3, -0.25) is 0 Å². The Labute approximate surface area is 227 Å². The van der Waals surface area contributed by atoms with Crippen LogP contribution in [-0.4, -0.2) is 21.3 Å².